The summed E-state index contributed by atoms with van der Waals surface area (Å²) in [5, 5.41) is 18.0. The van der Waals surface area contributed by atoms with Crippen molar-refractivity contribution in [3.8, 4) is 0 Å². The standard InChI is InChI=1S/C18H27BO4.C12H24B2O4.C12H17BO4.C12H15BrO2/c1-12-11-13(19-22-17(5,6)18(7,8)23-19)9-10-14(12)15(20)21-16(2,3)4;1-9(2)10(3,4)16-13(15-9)14-17-11(5,6)12(7,8)18-14;1-8-7-9(13(15)16)5-6-10(8)11(14)17-12(2,3)4;1-8-7-9(13)5-6-10(8)11(14)15-12(2,3)4/h9-11H,1-8H3;1-8H3;5-7,15-16H,1-4H3;5-7H,1-4H3. The van der Waals surface area contributed by atoms with Crippen molar-refractivity contribution in [2.45, 2.75) is 217 Å². The minimum atomic E-state index is -1.53. The van der Waals surface area contributed by atoms with E-state index < -0.39 is 51.0 Å². The van der Waals surface area contributed by atoms with Crippen molar-refractivity contribution in [3.05, 3.63) is 92.5 Å². The zero-order valence-corrected chi connectivity index (χ0v) is 49.8. The summed E-state index contributed by atoms with van der Waals surface area (Å²) >= 11 is 3.35. The van der Waals surface area contributed by atoms with Gasteiger partial charge >= 0.3 is 46.2 Å². The van der Waals surface area contributed by atoms with Gasteiger partial charge in [-0.05, 0) is 224 Å². The Labute approximate surface area is 446 Å². The molecule has 6 rings (SSSR count). The highest BCUT2D eigenvalue weighted by molar-refractivity contribution is 9.10. The van der Waals surface area contributed by atoms with Crippen LogP contribution in [0.2, 0.25) is 0 Å². The molecule has 19 heteroatoms. The van der Waals surface area contributed by atoms with E-state index >= 15 is 0 Å². The minimum Gasteiger partial charge on any atom is -0.456 e. The van der Waals surface area contributed by atoms with Gasteiger partial charge in [-0.2, -0.15) is 0 Å². The van der Waals surface area contributed by atoms with Gasteiger partial charge in [-0.1, -0.05) is 40.2 Å². The molecule has 3 saturated heterocycles. The summed E-state index contributed by atoms with van der Waals surface area (Å²) in [5.41, 5.74) is 1.62. The van der Waals surface area contributed by atoms with Gasteiger partial charge in [0.05, 0.1) is 50.3 Å². The van der Waals surface area contributed by atoms with Crippen molar-refractivity contribution >= 4 is 73.0 Å². The van der Waals surface area contributed by atoms with Gasteiger partial charge in [0.1, 0.15) is 16.8 Å². The van der Waals surface area contributed by atoms with Crippen LogP contribution in [-0.2, 0) is 42.1 Å². The van der Waals surface area contributed by atoms with E-state index in [1.54, 1.807) is 45.9 Å². The summed E-state index contributed by atoms with van der Waals surface area (Å²) in [6.07, 6.45) is 0. The van der Waals surface area contributed by atoms with Crippen LogP contribution in [0.5, 0.6) is 0 Å². The van der Waals surface area contributed by atoms with Crippen LogP contribution in [0.1, 0.15) is 193 Å². The molecule has 3 aliphatic rings. The van der Waals surface area contributed by atoms with Crippen molar-refractivity contribution in [2.75, 3.05) is 0 Å². The van der Waals surface area contributed by atoms with Gasteiger partial charge in [-0.3, -0.25) is 0 Å². The molecule has 0 atom stereocenters. The van der Waals surface area contributed by atoms with Gasteiger partial charge in [0.15, 0.2) is 0 Å². The van der Waals surface area contributed by atoms with E-state index in [1.807, 2.05) is 163 Å². The fraction of sp³-hybridized carbons (Fsp3) is 0.611. The average molecular weight is 1080 g/mol. The Balaban J connectivity index is 0.000000260. The lowest BCUT2D eigenvalue weighted by atomic mass is 9.49. The topological polar surface area (TPSA) is 175 Å². The Kier molecular flexibility index (Phi) is 20.1. The van der Waals surface area contributed by atoms with Crippen LogP contribution < -0.4 is 10.9 Å². The third-order valence-corrected chi connectivity index (χ3v) is 13.6. The zero-order chi connectivity index (χ0) is 56.5. The third kappa shape index (κ3) is 17.5. The van der Waals surface area contributed by atoms with E-state index in [9.17, 15) is 14.4 Å². The van der Waals surface area contributed by atoms with Crippen molar-refractivity contribution < 1.29 is 66.6 Å². The molecule has 0 spiro atoms. The molecule has 0 aliphatic carbocycles. The molecule has 3 aliphatic heterocycles. The second-order valence-corrected chi connectivity index (χ2v) is 25.7. The van der Waals surface area contributed by atoms with E-state index in [-0.39, 0.29) is 45.5 Å². The number of carbonyl (C=O) groups is 3. The van der Waals surface area contributed by atoms with Crippen LogP contribution in [0.15, 0.2) is 59.1 Å². The lowest BCUT2D eigenvalue weighted by Gasteiger charge is -2.32. The van der Waals surface area contributed by atoms with E-state index in [2.05, 4.69) is 15.9 Å². The van der Waals surface area contributed by atoms with E-state index in [4.69, 9.17) is 52.2 Å². The Morgan fingerprint density at radius 1 is 0.466 bits per heavy atom. The highest BCUT2D eigenvalue weighted by Crippen LogP contribution is 2.43. The SMILES string of the molecule is CC1(C)OB(B2OC(C)(C)C(C)(C)O2)OC1(C)C.Cc1cc(B(O)O)ccc1C(=O)OC(C)(C)C.Cc1cc(B2OC(C)(C)C(C)(C)O2)ccc1C(=O)OC(C)(C)C.Cc1cc(Br)ccc1C(=O)OC(C)(C)C. The van der Waals surface area contributed by atoms with E-state index in [1.165, 1.54) is 12.1 Å². The molecule has 2 N–H and O–H groups in total. The first-order chi connectivity index (χ1) is 32.7. The number of hydrogen-bond acceptors (Lipinski definition) is 14. The van der Waals surface area contributed by atoms with Crippen molar-refractivity contribution in [1.82, 2.24) is 0 Å². The molecular weight excluding hydrogens is 996 g/mol. The second-order valence-electron chi connectivity index (χ2n) is 24.8. The Hall–Kier alpha value is -3.51. The summed E-state index contributed by atoms with van der Waals surface area (Å²) in [5.74, 6) is -0.989. The lowest BCUT2D eigenvalue weighted by molar-refractivity contribution is 0.00561. The molecule has 14 nitrogen and oxygen atoms in total. The molecule has 3 fully saturated rings. The fourth-order valence-corrected chi connectivity index (χ4v) is 7.45. The van der Waals surface area contributed by atoms with Gasteiger partial charge in [-0.15, -0.1) is 0 Å². The van der Waals surface area contributed by atoms with Gasteiger partial charge in [-0.25, -0.2) is 14.4 Å². The maximum absolute atomic E-state index is 12.2. The van der Waals surface area contributed by atoms with E-state index in [0.29, 0.717) is 27.7 Å². The summed E-state index contributed by atoms with van der Waals surface area (Å²) in [6.45, 7) is 46.4. The summed E-state index contributed by atoms with van der Waals surface area (Å²) in [7, 11) is -2.90. The predicted molar refractivity (Wildman–Crippen MR) is 294 cm³/mol. The average Bonchev–Trinajstić information content (AvgIpc) is 3.65. The molecule has 0 unspecified atom stereocenters. The highest BCUT2D eigenvalue weighted by Gasteiger charge is 2.63. The molecule has 0 bridgehead atoms. The largest absolute Gasteiger partial charge is 0.494 e. The first-order valence-corrected chi connectivity index (χ1v) is 25.6. The van der Waals surface area contributed by atoms with Crippen LogP contribution in [-0.4, -0.2) is 107 Å². The second kappa shape index (κ2) is 23.0. The highest BCUT2D eigenvalue weighted by atomic mass is 79.9. The molecule has 0 radical (unpaired) electrons. The third-order valence-electron chi connectivity index (χ3n) is 13.1. The number of rotatable bonds is 6. The van der Waals surface area contributed by atoms with Gasteiger partial charge in [0.2, 0.25) is 0 Å². The molecule has 0 aromatic heterocycles. The fourth-order valence-electron chi connectivity index (χ4n) is 6.97. The molecule has 0 amide bonds. The lowest BCUT2D eigenvalue weighted by Crippen LogP contribution is -2.41. The normalized spacial score (nSPS) is 19.0. The monoisotopic (exact) mass is 1080 g/mol. The Bertz CT molecular complexity index is 2350. The zero-order valence-electron chi connectivity index (χ0n) is 48.2. The number of ether oxygens (including phenoxy) is 3. The van der Waals surface area contributed by atoms with Crippen LogP contribution in [0.3, 0.4) is 0 Å². The number of benzene rings is 3. The first kappa shape index (κ1) is 63.8. The summed E-state index contributed by atoms with van der Waals surface area (Å²) in [4.78, 5) is 35.8. The molecule has 402 valence electrons. The Morgan fingerprint density at radius 2 is 0.753 bits per heavy atom. The maximum Gasteiger partial charge on any atom is 0.494 e. The number of carbonyl (C=O) groups excluding carboxylic acids is 3. The van der Waals surface area contributed by atoms with Crippen LogP contribution in [0.25, 0.3) is 0 Å². The van der Waals surface area contributed by atoms with Gasteiger partial charge < -0.3 is 52.2 Å². The molecule has 3 aromatic rings. The first-order valence-electron chi connectivity index (χ1n) is 24.8. The number of esters is 3. The van der Waals surface area contributed by atoms with Crippen LogP contribution in [0.4, 0.5) is 0 Å². The number of hydrogen-bond donors (Lipinski definition) is 2. The van der Waals surface area contributed by atoms with Crippen molar-refractivity contribution in [3.63, 3.8) is 0 Å². The van der Waals surface area contributed by atoms with Crippen molar-refractivity contribution in [2.24, 2.45) is 0 Å². The number of halogens is 1. The van der Waals surface area contributed by atoms with E-state index in [0.717, 1.165) is 21.1 Å². The molecular formula is C54H83B4BrO14. The van der Waals surface area contributed by atoms with Gasteiger partial charge in [0, 0.05) is 4.47 Å². The quantitative estimate of drug-likeness (QED) is 0.136. The molecule has 3 aromatic carbocycles. The molecule has 3 heterocycles. The van der Waals surface area contributed by atoms with Gasteiger partial charge in [0.25, 0.3) is 0 Å². The molecule has 73 heavy (non-hydrogen) atoms. The maximum atomic E-state index is 12.2. The predicted octanol–water partition coefficient (Wildman–Crippen LogP) is 9.84. The van der Waals surface area contributed by atoms with Crippen LogP contribution in [0, 0.1) is 20.8 Å². The molecule has 0 saturated carbocycles. The van der Waals surface area contributed by atoms with Crippen molar-refractivity contribution in [1.29, 1.82) is 0 Å². The number of aryl methyl sites for hydroxylation is 3. The summed E-state index contributed by atoms with van der Waals surface area (Å²) in [6, 6.07) is 15.7. The summed E-state index contributed by atoms with van der Waals surface area (Å²) < 4.78 is 52.9. The minimum absolute atomic E-state index is 0.271. The Morgan fingerprint density at radius 3 is 1.04 bits per heavy atom. The van der Waals surface area contributed by atoms with Crippen LogP contribution >= 0.6 is 15.9 Å². The smallest absolute Gasteiger partial charge is 0.456 e.